The van der Waals surface area contributed by atoms with Crippen molar-refractivity contribution >= 4 is 5.91 Å². The average Bonchev–Trinajstić information content (AvgIpc) is 3.10. The van der Waals surface area contributed by atoms with Crippen LogP contribution >= 0.6 is 0 Å². The number of pyridine rings is 1. The number of ether oxygens (including phenoxy) is 1. The van der Waals surface area contributed by atoms with Crippen molar-refractivity contribution in [1.29, 1.82) is 0 Å². The van der Waals surface area contributed by atoms with Gasteiger partial charge in [0, 0.05) is 43.6 Å². The van der Waals surface area contributed by atoms with Crippen LogP contribution in [-0.4, -0.2) is 33.8 Å². The highest BCUT2D eigenvalue weighted by Crippen LogP contribution is 2.37. The van der Waals surface area contributed by atoms with Crippen molar-refractivity contribution in [2.75, 3.05) is 13.2 Å². The zero-order chi connectivity index (χ0) is 17.3. The molecule has 7 heteroatoms. The van der Waals surface area contributed by atoms with Crippen LogP contribution in [0.5, 0.6) is 0 Å². The molecule has 7 nitrogen and oxygen atoms in total. The predicted octanol–water partition coefficient (Wildman–Crippen LogP) is 1.23. The molecule has 24 heavy (non-hydrogen) atoms. The zero-order valence-electron chi connectivity index (χ0n) is 14.1. The van der Waals surface area contributed by atoms with Crippen LogP contribution in [0.2, 0.25) is 0 Å². The minimum absolute atomic E-state index is 0.0759. The van der Waals surface area contributed by atoms with Gasteiger partial charge in [0.05, 0.1) is 11.8 Å². The highest BCUT2D eigenvalue weighted by atomic mass is 16.5. The van der Waals surface area contributed by atoms with Gasteiger partial charge in [0.2, 0.25) is 0 Å². The number of carbonyl (C=O) groups excluding carboxylic acids is 1. The van der Waals surface area contributed by atoms with Crippen molar-refractivity contribution in [2.24, 2.45) is 13.0 Å². The van der Waals surface area contributed by atoms with Crippen LogP contribution in [0.4, 0.5) is 0 Å². The first-order valence-corrected chi connectivity index (χ1v) is 8.06. The fourth-order valence-electron chi connectivity index (χ4n) is 3.28. The Morgan fingerprint density at radius 3 is 2.96 bits per heavy atom. The molecule has 1 fully saturated rings. The first-order valence-electron chi connectivity index (χ1n) is 8.06. The maximum absolute atomic E-state index is 12.2. The number of aromatic amines is 1. The van der Waals surface area contributed by atoms with Gasteiger partial charge in [0.15, 0.2) is 0 Å². The van der Waals surface area contributed by atoms with Gasteiger partial charge in [0.1, 0.15) is 5.56 Å². The molecule has 2 aromatic rings. The number of aryl methyl sites for hydroxylation is 2. The highest BCUT2D eigenvalue weighted by Gasteiger charge is 2.33. The third kappa shape index (κ3) is 2.99. The van der Waals surface area contributed by atoms with Gasteiger partial charge in [-0.25, -0.2) is 0 Å². The average molecular weight is 330 g/mol. The molecule has 3 heterocycles. The monoisotopic (exact) mass is 330 g/mol. The van der Waals surface area contributed by atoms with E-state index in [1.54, 1.807) is 6.07 Å². The molecule has 0 aromatic carbocycles. The lowest BCUT2D eigenvalue weighted by atomic mass is 9.94. The fourth-order valence-corrected chi connectivity index (χ4v) is 3.28. The summed E-state index contributed by atoms with van der Waals surface area (Å²) < 4.78 is 7.77. The van der Waals surface area contributed by atoms with E-state index in [1.165, 1.54) is 12.3 Å². The van der Waals surface area contributed by atoms with E-state index in [0.29, 0.717) is 13.2 Å². The van der Waals surface area contributed by atoms with E-state index >= 15 is 0 Å². The summed E-state index contributed by atoms with van der Waals surface area (Å²) in [5.74, 6) is -0.194. The topological polar surface area (TPSA) is 89.0 Å². The SMILES string of the molecule is Cc1nn(C)c(C)c1[C@@H]1OCC[C@H]1CNC(=O)c1ccc[nH]c1=O. The van der Waals surface area contributed by atoms with E-state index in [0.717, 1.165) is 23.4 Å². The van der Waals surface area contributed by atoms with E-state index in [9.17, 15) is 9.59 Å². The van der Waals surface area contributed by atoms with Crippen molar-refractivity contribution in [1.82, 2.24) is 20.1 Å². The number of rotatable bonds is 4. The number of aromatic nitrogens is 3. The van der Waals surface area contributed by atoms with Crippen molar-refractivity contribution in [2.45, 2.75) is 26.4 Å². The second kappa shape index (κ2) is 6.60. The van der Waals surface area contributed by atoms with Crippen molar-refractivity contribution in [3.63, 3.8) is 0 Å². The van der Waals surface area contributed by atoms with Gasteiger partial charge in [-0.1, -0.05) is 0 Å². The van der Waals surface area contributed by atoms with Crippen LogP contribution in [0.25, 0.3) is 0 Å². The van der Waals surface area contributed by atoms with Crippen molar-refractivity contribution < 1.29 is 9.53 Å². The molecule has 1 amide bonds. The number of hydrogen-bond acceptors (Lipinski definition) is 4. The highest BCUT2D eigenvalue weighted by molar-refractivity contribution is 5.93. The van der Waals surface area contributed by atoms with Gasteiger partial charge < -0.3 is 15.0 Å². The lowest BCUT2D eigenvalue weighted by Gasteiger charge is -2.19. The lowest BCUT2D eigenvalue weighted by Crippen LogP contribution is -2.34. The van der Waals surface area contributed by atoms with E-state index in [2.05, 4.69) is 15.4 Å². The number of carbonyl (C=O) groups is 1. The Morgan fingerprint density at radius 2 is 2.29 bits per heavy atom. The van der Waals surface area contributed by atoms with Gasteiger partial charge in [-0.2, -0.15) is 5.10 Å². The molecular formula is C17H22N4O3. The number of H-pyrrole nitrogens is 1. The van der Waals surface area contributed by atoms with Gasteiger partial charge in [-0.05, 0) is 32.4 Å². The normalized spacial score (nSPS) is 20.3. The second-order valence-electron chi connectivity index (χ2n) is 6.17. The smallest absolute Gasteiger partial charge is 0.260 e. The van der Waals surface area contributed by atoms with Gasteiger partial charge >= 0.3 is 0 Å². The largest absolute Gasteiger partial charge is 0.373 e. The predicted molar refractivity (Wildman–Crippen MR) is 88.9 cm³/mol. The molecule has 0 radical (unpaired) electrons. The molecule has 0 bridgehead atoms. The summed E-state index contributed by atoms with van der Waals surface area (Å²) in [6, 6.07) is 3.16. The molecule has 3 rings (SSSR count). The summed E-state index contributed by atoms with van der Waals surface area (Å²) in [4.78, 5) is 26.4. The molecule has 0 aliphatic carbocycles. The van der Waals surface area contributed by atoms with Crippen LogP contribution in [0.1, 0.15) is 39.8 Å². The number of nitrogens with zero attached hydrogens (tertiary/aromatic N) is 2. The summed E-state index contributed by atoms with van der Waals surface area (Å²) in [6.45, 7) is 5.12. The Kier molecular flexibility index (Phi) is 4.53. The van der Waals surface area contributed by atoms with Crippen molar-refractivity contribution in [3.05, 3.63) is 51.2 Å². The molecule has 0 unspecified atom stereocenters. The summed E-state index contributed by atoms with van der Waals surface area (Å²) in [5.41, 5.74) is 2.88. The van der Waals surface area contributed by atoms with Gasteiger partial charge in [0.25, 0.3) is 11.5 Å². The second-order valence-corrected chi connectivity index (χ2v) is 6.17. The number of hydrogen-bond donors (Lipinski definition) is 2. The molecule has 2 atom stereocenters. The quantitative estimate of drug-likeness (QED) is 0.882. The van der Waals surface area contributed by atoms with Crippen LogP contribution in [0.3, 0.4) is 0 Å². The third-order valence-electron chi connectivity index (χ3n) is 4.65. The Bertz CT molecular complexity index is 808. The molecule has 0 spiro atoms. The van der Waals surface area contributed by atoms with Gasteiger partial charge in [-0.15, -0.1) is 0 Å². The van der Waals surface area contributed by atoms with Crippen LogP contribution in [-0.2, 0) is 11.8 Å². The molecule has 1 aliphatic heterocycles. The molecular weight excluding hydrogens is 308 g/mol. The molecule has 1 saturated heterocycles. The van der Waals surface area contributed by atoms with E-state index in [-0.39, 0.29) is 29.1 Å². The summed E-state index contributed by atoms with van der Waals surface area (Å²) >= 11 is 0. The van der Waals surface area contributed by atoms with E-state index in [4.69, 9.17) is 4.74 Å². The maximum atomic E-state index is 12.2. The first-order chi connectivity index (χ1) is 11.5. The van der Waals surface area contributed by atoms with Crippen LogP contribution < -0.4 is 10.9 Å². The molecule has 2 aromatic heterocycles. The Labute approximate surface area is 140 Å². The molecule has 128 valence electrons. The fraction of sp³-hybridized carbons (Fsp3) is 0.471. The minimum atomic E-state index is -0.381. The maximum Gasteiger partial charge on any atom is 0.260 e. The number of nitrogens with one attached hydrogen (secondary N) is 2. The third-order valence-corrected chi connectivity index (χ3v) is 4.65. The van der Waals surface area contributed by atoms with Crippen LogP contribution in [0, 0.1) is 19.8 Å². The molecule has 0 saturated carbocycles. The lowest BCUT2D eigenvalue weighted by molar-refractivity contribution is 0.0839. The molecule has 1 aliphatic rings. The standard InChI is InChI=1S/C17H22N4O3/c1-10-14(11(2)21(3)20-10)15-12(6-8-24-15)9-19-17(23)13-5-4-7-18-16(13)22/h4-5,7,12,15H,6,8-9H2,1-3H3,(H,18,22)(H,19,23)/t12-,15+/m0/s1. The Morgan fingerprint density at radius 1 is 1.50 bits per heavy atom. The zero-order valence-corrected chi connectivity index (χ0v) is 14.1. The summed E-state index contributed by atoms with van der Waals surface area (Å²) in [6.07, 6.45) is 2.30. The van der Waals surface area contributed by atoms with Crippen molar-refractivity contribution in [3.8, 4) is 0 Å². The minimum Gasteiger partial charge on any atom is -0.373 e. The summed E-state index contributed by atoms with van der Waals surface area (Å²) in [7, 11) is 1.92. The van der Waals surface area contributed by atoms with Gasteiger partial charge in [-0.3, -0.25) is 14.3 Å². The first kappa shape index (κ1) is 16.4. The number of amides is 1. The van der Waals surface area contributed by atoms with E-state index < -0.39 is 0 Å². The summed E-state index contributed by atoms with van der Waals surface area (Å²) in [5, 5.41) is 7.31. The Hall–Kier alpha value is -2.41. The van der Waals surface area contributed by atoms with Crippen LogP contribution in [0.15, 0.2) is 23.1 Å². The molecule has 2 N–H and O–H groups in total. The Balaban J connectivity index is 1.72. The van der Waals surface area contributed by atoms with E-state index in [1.807, 2.05) is 25.6 Å².